The molecule has 0 aliphatic rings. The highest BCUT2D eigenvalue weighted by atomic mass is 16.1. The second kappa shape index (κ2) is 6.47. The van der Waals surface area contributed by atoms with Crippen molar-refractivity contribution >= 4 is 16.8 Å². The van der Waals surface area contributed by atoms with Gasteiger partial charge in [-0.05, 0) is 25.0 Å². The maximum Gasteiger partial charge on any atom is 0.220 e. The van der Waals surface area contributed by atoms with E-state index in [0.29, 0.717) is 13.0 Å². The summed E-state index contributed by atoms with van der Waals surface area (Å²) in [6.45, 7) is 3.41. The standard InChI is InChI=1S/C17H20N4O/c1-2-21-12-13(10-20-21)9-19-17(22)8-7-14-11-18-16-6-4-3-5-15(14)16/h3-6,10-12,18H,2,7-9H2,1H3,(H,19,22). The van der Waals surface area contributed by atoms with Crippen molar-refractivity contribution in [2.75, 3.05) is 0 Å². The number of nitrogens with zero attached hydrogens (tertiary/aromatic N) is 2. The Morgan fingerprint density at radius 2 is 2.23 bits per heavy atom. The first-order valence-electron chi connectivity index (χ1n) is 7.59. The van der Waals surface area contributed by atoms with Crippen molar-refractivity contribution in [3.05, 3.63) is 54.0 Å². The van der Waals surface area contributed by atoms with E-state index in [4.69, 9.17) is 0 Å². The molecule has 0 aliphatic carbocycles. The zero-order valence-electron chi connectivity index (χ0n) is 12.7. The summed E-state index contributed by atoms with van der Waals surface area (Å²) >= 11 is 0. The molecule has 3 aromatic rings. The van der Waals surface area contributed by atoms with Crippen LogP contribution in [0.3, 0.4) is 0 Å². The molecule has 1 amide bonds. The van der Waals surface area contributed by atoms with Gasteiger partial charge in [0.25, 0.3) is 0 Å². The molecule has 0 unspecified atom stereocenters. The van der Waals surface area contributed by atoms with Gasteiger partial charge in [-0.15, -0.1) is 0 Å². The molecule has 2 heterocycles. The number of hydrogen-bond donors (Lipinski definition) is 2. The zero-order valence-corrected chi connectivity index (χ0v) is 12.7. The lowest BCUT2D eigenvalue weighted by Crippen LogP contribution is -2.22. The zero-order chi connectivity index (χ0) is 15.4. The molecule has 0 atom stereocenters. The van der Waals surface area contributed by atoms with Crippen molar-refractivity contribution in [1.82, 2.24) is 20.1 Å². The summed E-state index contributed by atoms with van der Waals surface area (Å²) in [6, 6.07) is 8.15. The van der Waals surface area contributed by atoms with Crippen molar-refractivity contribution in [2.45, 2.75) is 32.9 Å². The molecule has 0 aliphatic heterocycles. The lowest BCUT2D eigenvalue weighted by Gasteiger charge is -2.03. The normalized spacial score (nSPS) is 11.0. The predicted molar refractivity (Wildman–Crippen MR) is 86.4 cm³/mol. The minimum atomic E-state index is 0.0644. The Bertz CT molecular complexity index is 772. The van der Waals surface area contributed by atoms with Crippen LogP contribution in [0, 0.1) is 0 Å². The third kappa shape index (κ3) is 3.19. The van der Waals surface area contributed by atoms with Crippen LogP contribution in [0.1, 0.15) is 24.5 Å². The van der Waals surface area contributed by atoms with Gasteiger partial charge in [-0.3, -0.25) is 9.48 Å². The number of aryl methyl sites for hydroxylation is 2. The molecule has 3 rings (SSSR count). The Labute approximate surface area is 129 Å². The summed E-state index contributed by atoms with van der Waals surface area (Å²) in [5, 5.41) is 8.33. The topological polar surface area (TPSA) is 62.7 Å². The molecule has 0 radical (unpaired) electrons. The first-order chi connectivity index (χ1) is 10.8. The van der Waals surface area contributed by atoms with Gasteiger partial charge in [0.2, 0.25) is 5.91 Å². The summed E-state index contributed by atoms with van der Waals surface area (Å²) in [6.07, 6.45) is 6.97. The molecule has 2 aromatic heterocycles. The van der Waals surface area contributed by atoms with E-state index in [1.807, 2.05) is 42.2 Å². The minimum absolute atomic E-state index is 0.0644. The van der Waals surface area contributed by atoms with E-state index in [-0.39, 0.29) is 5.91 Å². The molecule has 2 N–H and O–H groups in total. The number of carbonyl (C=O) groups excluding carboxylic acids is 1. The number of rotatable bonds is 6. The highest BCUT2D eigenvalue weighted by Crippen LogP contribution is 2.18. The number of amides is 1. The van der Waals surface area contributed by atoms with E-state index in [0.717, 1.165) is 24.0 Å². The Balaban J connectivity index is 1.52. The Hall–Kier alpha value is -2.56. The van der Waals surface area contributed by atoms with Gasteiger partial charge in [0.05, 0.1) is 6.20 Å². The van der Waals surface area contributed by atoms with Crippen LogP contribution in [0.4, 0.5) is 0 Å². The lowest BCUT2D eigenvalue weighted by atomic mass is 10.1. The van der Waals surface area contributed by atoms with Gasteiger partial charge in [-0.1, -0.05) is 18.2 Å². The average Bonchev–Trinajstić information content (AvgIpc) is 3.17. The van der Waals surface area contributed by atoms with Gasteiger partial charge in [0.15, 0.2) is 0 Å². The summed E-state index contributed by atoms with van der Waals surface area (Å²) in [4.78, 5) is 15.2. The average molecular weight is 296 g/mol. The van der Waals surface area contributed by atoms with Crippen molar-refractivity contribution in [1.29, 1.82) is 0 Å². The van der Waals surface area contributed by atoms with E-state index in [1.54, 1.807) is 6.20 Å². The largest absolute Gasteiger partial charge is 0.361 e. The van der Waals surface area contributed by atoms with Gasteiger partial charge < -0.3 is 10.3 Å². The fraction of sp³-hybridized carbons (Fsp3) is 0.294. The maximum absolute atomic E-state index is 12.0. The van der Waals surface area contributed by atoms with Gasteiger partial charge in [0.1, 0.15) is 0 Å². The fourth-order valence-corrected chi connectivity index (χ4v) is 2.55. The highest BCUT2D eigenvalue weighted by Gasteiger charge is 2.07. The van der Waals surface area contributed by atoms with E-state index in [1.165, 1.54) is 10.9 Å². The second-order valence-corrected chi connectivity index (χ2v) is 5.34. The molecule has 0 spiro atoms. The van der Waals surface area contributed by atoms with E-state index >= 15 is 0 Å². The summed E-state index contributed by atoms with van der Waals surface area (Å²) in [5.74, 6) is 0.0644. The minimum Gasteiger partial charge on any atom is -0.361 e. The van der Waals surface area contributed by atoms with Crippen molar-refractivity contribution in [3.63, 3.8) is 0 Å². The van der Waals surface area contributed by atoms with Gasteiger partial charge in [-0.25, -0.2) is 0 Å². The Morgan fingerprint density at radius 1 is 1.36 bits per heavy atom. The maximum atomic E-state index is 12.0. The van der Waals surface area contributed by atoms with Crippen LogP contribution in [0.5, 0.6) is 0 Å². The van der Waals surface area contributed by atoms with Crippen LogP contribution in [-0.2, 0) is 24.3 Å². The molecule has 0 saturated carbocycles. The molecule has 5 heteroatoms. The molecule has 0 saturated heterocycles. The summed E-state index contributed by atoms with van der Waals surface area (Å²) in [7, 11) is 0. The smallest absolute Gasteiger partial charge is 0.220 e. The summed E-state index contributed by atoms with van der Waals surface area (Å²) in [5.41, 5.74) is 3.33. The van der Waals surface area contributed by atoms with E-state index in [2.05, 4.69) is 21.5 Å². The lowest BCUT2D eigenvalue weighted by molar-refractivity contribution is -0.121. The molecular formula is C17H20N4O. The van der Waals surface area contributed by atoms with Gasteiger partial charge in [0, 0.05) is 48.4 Å². The first-order valence-corrected chi connectivity index (χ1v) is 7.59. The van der Waals surface area contributed by atoms with Gasteiger partial charge >= 0.3 is 0 Å². The SMILES string of the molecule is CCn1cc(CNC(=O)CCc2c[nH]c3ccccc23)cn1. The van der Waals surface area contributed by atoms with Crippen LogP contribution in [0.15, 0.2) is 42.9 Å². The highest BCUT2D eigenvalue weighted by molar-refractivity contribution is 5.84. The van der Waals surface area contributed by atoms with Crippen LogP contribution in [-0.4, -0.2) is 20.7 Å². The van der Waals surface area contributed by atoms with Crippen LogP contribution >= 0.6 is 0 Å². The monoisotopic (exact) mass is 296 g/mol. The Morgan fingerprint density at radius 3 is 3.05 bits per heavy atom. The number of aromatic nitrogens is 3. The van der Waals surface area contributed by atoms with Crippen LogP contribution < -0.4 is 5.32 Å². The quantitative estimate of drug-likeness (QED) is 0.734. The number of hydrogen-bond acceptors (Lipinski definition) is 2. The van der Waals surface area contributed by atoms with Crippen molar-refractivity contribution < 1.29 is 4.79 Å². The van der Waals surface area contributed by atoms with Crippen molar-refractivity contribution in [3.8, 4) is 0 Å². The van der Waals surface area contributed by atoms with Crippen molar-refractivity contribution in [2.24, 2.45) is 0 Å². The van der Waals surface area contributed by atoms with Crippen LogP contribution in [0.25, 0.3) is 10.9 Å². The number of nitrogens with one attached hydrogen (secondary N) is 2. The molecule has 0 bridgehead atoms. The van der Waals surface area contributed by atoms with E-state index < -0.39 is 0 Å². The number of benzene rings is 1. The third-order valence-corrected chi connectivity index (χ3v) is 3.80. The molecular weight excluding hydrogens is 276 g/mol. The third-order valence-electron chi connectivity index (χ3n) is 3.80. The number of para-hydroxylation sites is 1. The summed E-state index contributed by atoms with van der Waals surface area (Å²) < 4.78 is 1.85. The molecule has 114 valence electrons. The number of aromatic amines is 1. The van der Waals surface area contributed by atoms with E-state index in [9.17, 15) is 4.79 Å². The first kappa shape index (κ1) is 14.4. The molecule has 1 aromatic carbocycles. The number of H-pyrrole nitrogens is 1. The molecule has 0 fully saturated rings. The number of carbonyl (C=O) groups is 1. The molecule has 22 heavy (non-hydrogen) atoms. The molecule has 5 nitrogen and oxygen atoms in total. The number of fused-ring (bicyclic) bond motifs is 1. The predicted octanol–water partition coefficient (Wildman–Crippen LogP) is 2.63. The van der Waals surface area contributed by atoms with Gasteiger partial charge in [-0.2, -0.15) is 5.10 Å². The van der Waals surface area contributed by atoms with Crippen LogP contribution in [0.2, 0.25) is 0 Å². The second-order valence-electron chi connectivity index (χ2n) is 5.34. The fourth-order valence-electron chi connectivity index (χ4n) is 2.55. The Kier molecular flexibility index (Phi) is 4.23.